The normalized spacial score (nSPS) is 10.7. The van der Waals surface area contributed by atoms with E-state index in [2.05, 4.69) is 41.1 Å². The lowest BCUT2D eigenvalue weighted by atomic mass is 10.2. The standard InChI is InChI=1S/C16H30N4O/c1-4-9-14-18-15(17-10-5-2)13-16(19-14)20(3)11-7-6-8-12-21/h13,21H,4-12H2,1-3H3,(H,17,18,19). The van der Waals surface area contributed by atoms with Crippen LogP contribution in [0.2, 0.25) is 0 Å². The van der Waals surface area contributed by atoms with Crippen molar-refractivity contribution in [1.82, 2.24) is 9.97 Å². The molecule has 5 heteroatoms. The first kappa shape index (κ1) is 17.7. The van der Waals surface area contributed by atoms with Crippen LogP contribution in [0.3, 0.4) is 0 Å². The van der Waals surface area contributed by atoms with Crippen LogP contribution in [0, 0.1) is 0 Å². The van der Waals surface area contributed by atoms with E-state index >= 15 is 0 Å². The summed E-state index contributed by atoms with van der Waals surface area (Å²) in [5.41, 5.74) is 0. The van der Waals surface area contributed by atoms with Crippen molar-refractivity contribution in [2.24, 2.45) is 0 Å². The minimum atomic E-state index is 0.281. The molecule has 0 radical (unpaired) electrons. The van der Waals surface area contributed by atoms with Crippen molar-refractivity contribution in [2.45, 2.75) is 52.4 Å². The van der Waals surface area contributed by atoms with E-state index in [9.17, 15) is 0 Å². The zero-order valence-electron chi connectivity index (χ0n) is 13.7. The minimum absolute atomic E-state index is 0.281. The number of aryl methyl sites for hydroxylation is 1. The topological polar surface area (TPSA) is 61.3 Å². The fraction of sp³-hybridized carbons (Fsp3) is 0.750. The molecule has 1 aromatic heterocycles. The molecule has 0 aliphatic rings. The molecule has 0 fully saturated rings. The van der Waals surface area contributed by atoms with Crippen LogP contribution in [-0.4, -0.2) is 41.8 Å². The van der Waals surface area contributed by atoms with Gasteiger partial charge in [0, 0.05) is 39.2 Å². The van der Waals surface area contributed by atoms with Crippen LogP contribution in [0.1, 0.15) is 51.8 Å². The van der Waals surface area contributed by atoms with Gasteiger partial charge >= 0.3 is 0 Å². The molecule has 0 aromatic carbocycles. The molecule has 0 aliphatic carbocycles. The molecule has 21 heavy (non-hydrogen) atoms. The predicted molar refractivity (Wildman–Crippen MR) is 89.0 cm³/mol. The highest BCUT2D eigenvalue weighted by Gasteiger charge is 2.08. The Morgan fingerprint density at radius 3 is 2.62 bits per heavy atom. The smallest absolute Gasteiger partial charge is 0.134 e. The Balaban J connectivity index is 2.70. The third kappa shape index (κ3) is 6.76. The SMILES string of the molecule is CCCNc1cc(N(C)CCCCCO)nc(CCC)n1. The number of anilines is 2. The van der Waals surface area contributed by atoms with Crippen molar-refractivity contribution in [3.8, 4) is 0 Å². The number of nitrogens with one attached hydrogen (secondary N) is 1. The molecule has 0 bridgehead atoms. The van der Waals surface area contributed by atoms with Crippen molar-refractivity contribution in [1.29, 1.82) is 0 Å². The van der Waals surface area contributed by atoms with Gasteiger partial charge in [-0.05, 0) is 32.1 Å². The monoisotopic (exact) mass is 294 g/mol. The largest absolute Gasteiger partial charge is 0.396 e. The van der Waals surface area contributed by atoms with Crippen molar-refractivity contribution in [2.75, 3.05) is 37.0 Å². The number of rotatable bonds is 11. The molecular weight excluding hydrogens is 264 g/mol. The van der Waals surface area contributed by atoms with Gasteiger partial charge in [-0.15, -0.1) is 0 Å². The van der Waals surface area contributed by atoms with Crippen LogP contribution in [-0.2, 0) is 6.42 Å². The van der Waals surface area contributed by atoms with Gasteiger partial charge in [0.15, 0.2) is 0 Å². The second kappa shape index (κ2) is 10.4. The van der Waals surface area contributed by atoms with Gasteiger partial charge in [-0.25, -0.2) is 9.97 Å². The Morgan fingerprint density at radius 1 is 1.14 bits per heavy atom. The van der Waals surface area contributed by atoms with E-state index in [0.717, 1.165) is 69.1 Å². The first-order valence-corrected chi connectivity index (χ1v) is 8.15. The molecule has 0 amide bonds. The second-order valence-corrected chi connectivity index (χ2v) is 5.41. The van der Waals surface area contributed by atoms with E-state index in [1.165, 1.54) is 0 Å². The lowest BCUT2D eigenvalue weighted by Crippen LogP contribution is -2.21. The third-order valence-corrected chi connectivity index (χ3v) is 3.33. The zero-order chi connectivity index (χ0) is 15.5. The summed E-state index contributed by atoms with van der Waals surface area (Å²) in [4.78, 5) is 11.4. The summed E-state index contributed by atoms with van der Waals surface area (Å²) in [6.45, 7) is 6.46. The zero-order valence-corrected chi connectivity index (χ0v) is 13.7. The number of aliphatic hydroxyl groups excluding tert-OH is 1. The Bertz CT molecular complexity index is 398. The van der Waals surface area contributed by atoms with Gasteiger partial charge in [0.1, 0.15) is 17.5 Å². The Kier molecular flexibility index (Phi) is 8.74. The van der Waals surface area contributed by atoms with E-state index in [1.807, 2.05) is 6.07 Å². The first-order valence-electron chi connectivity index (χ1n) is 8.15. The van der Waals surface area contributed by atoms with Gasteiger partial charge in [0.2, 0.25) is 0 Å². The summed E-state index contributed by atoms with van der Waals surface area (Å²) in [6, 6.07) is 2.03. The van der Waals surface area contributed by atoms with Crippen molar-refractivity contribution >= 4 is 11.6 Å². The Hall–Kier alpha value is -1.36. The molecule has 120 valence electrons. The molecular formula is C16H30N4O. The molecule has 2 N–H and O–H groups in total. The second-order valence-electron chi connectivity index (χ2n) is 5.41. The number of unbranched alkanes of at least 4 members (excludes halogenated alkanes) is 2. The Morgan fingerprint density at radius 2 is 1.95 bits per heavy atom. The summed E-state index contributed by atoms with van der Waals surface area (Å²) >= 11 is 0. The average molecular weight is 294 g/mol. The maximum atomic E-state index is 8.82. The van der Waals surface area contributed by atoms with Crippen LogP contribution >= 0.6 is 0 Å². The van der Waals surface area contributed by atoms with Gasteiger partial charge in [0.05, 0.1) is 0 Å². The molecule has 1 rings (SSSR count). The van der Waals surface area contributed by atoms with Gasteiger partial charge in [-0.2, -0.15) is 0 Å². The van der Waals surface area contributed by atoms with Crippen LogP contribution < -0.4 is 10.2 Å². The van der Waals surface area contributed by atoms with Crippen LogP contribution in [0.5, 0.6) is 0 Å². The van der Waals surface area contributed by atoms with E-state index in [1.54, 1.807) is 0 Å². The Labute approximate surface area is 128 Å². The number of aromatic nitrogens is 2. The van der Waals surface area contributed by atoms with Crippen LogP contribution in [0.15, 0.2) is 6.07 Å². The highest BCUT2D eigenvalue weighted by molar-refractivity contribution is 5.49. The average Bonchev–Trinajstić information content (AvgIpc) is 2.49. The third-order valence-electron chi connectivity index (χ3n) is 3.33. The van der Waals surface area contributed by atoms with Gasteiger partial charge in [-0.1, -0.05) is 13.8 Å². The summed E-state index contributed by atoms with van der Waals surface area (Å²) in [7, 11) is 2.07. The predicted octanol–water partition coefficient (Wildman–Crippen LogP) is 2.85. The fourth-order valence-electron chi connectivity index (χ4n) is 2.11. The van der Waals surface area contributed by atoms with E-state index in [4.69, 9.17) is 5.11 Å². The summed E-state index contributed by atoms with van der Waals surface area (Å²) < 4.78 is 0. The van der Waals surface area contributed by atoms with Crippen LogP contribution in [0.25, 0.3) is 0 Å². The summed E-state index contributed by atoms with van der Waals surface area (Å²) in [5.74, 6) is 2.82. The van der Waals surface area contributed by atoms with Gasteiger partial charge in [-0.3, -0.25) is 0 Å². The van der Waals surface area contributed by atoms with Crippen molar-refractivity contribution < 1.29 is 5.11 Å². The van der Waals surface area contributed by atoms with Crippen molar-refractivity contribution in [3.63, 3.8) is 0 Å². The number of hydrogen-bond acceptors (Lipinski definition) is 5. The first-order chi connectivity index (χ1) is 10.2. The molecule has 0 atom stereocenters. The lowest BCUT2D eigenvalue weighted by molar-refractivity contribution is 0.283. The maximum Gasteiger partial charge on any atom is 0.134 e. The fourth-order valence-corrected chi connectivity index (χ4v) is 2.11. The quantitative estimate of drug-likeness (QED) is 0.615. The lowest BCUT2D eigenvalue weighted by Gasteiger charge is -2.19. The summed E-state index contributed by atoms with van der Waals surface area (Å²) in [5, 5.41) is 12.2. The van der Waals surface area contributed by atoms with Crippen molar-refractivity contribution in [3.05, 3.63) is 11.9 Å². The molecule has 0 saturated carbocycles. The molecule has 1 aromatic rings. The molecule has 0 spiro atoms. The number of aliphatic hydroxyl groups is 1. The summed E-state index contributed by atoms with van der Waals surface area (Å²) in [6.07, 6.45) is 6.04. The highest BCUT2D eigenvalue weighted by Crippen LogP contribution is 2.16. The van der Waals surface area contributed by atoms with E-state index in [0.29, 0.717) is 0 Å². The molecule has 1 heterocycles. The van der Waals surface area contributed by atoms with Gasteiger partial charge in [0.25, 0.3) is 0 Å². The molecule has 5 nitrogen and oxygen atoms in total. The number of nitrogens with zero attached hydrogens (tertiary/aromatic N) is 3. The number of hydrogen-bond donors (Lipinski definition) is 2. The highest BCUT2D eigenvalue weighted by atomic mass is 16.2. The van der Waals surface area contributed by atoms with Crippen LogP contribution in [0.4, 0.5) is 11.6 Å². The van der Waals surface area contributed by atoms with E-state index < -0.39 is 0 Å². The maximum absolute atomic E-state index is 8.82. The minimum Gasteiger partial charge on any atom is -0.396 e. The van der Waals surface area contributed by atoms with Gasteiger partial charge < -0.3 is 15.3 Å². The molecule has 0 aliphatic heterocycles. The molecule has 0 saturated heterocycles. The van der Waals surface area contributed by atoms with E-state index in [-0.39, 0.29) is 6.61 Å². The molecule has 0 unspecified atom stereocenters.